The summed E-state index contributed by atoms with van der Waals surface area (Å²) in [4.78, 5) is 6.03. The number of benzene rings is 1. The van der Waals surface area contributed by atoms with Crippen molar-refractivity contribution in [3.05, 3.63) is 57.7 Å². The predicted molar refractivity (Wildman–Crippen MR) is 75.1 cm³/mol. The van der Waals surface area contributed by atoms with Gasteiger partial charge < -0.3 is 4.90 Å². The molecule has 0 spiro atoms. The lowest BCUT2D eigenvalue weighted by Crippen LogP contribution is -2.18. The molecule has 0 atom stereocenters. The van der Waals surface area contributed by atoms with E-state index in [9.17, 15) is 8.78 Å². The van der Waals surface area contributed by atoms with Crippen molar-refractivity contribution in [3.63, 3.8) is 0 Å². The first kappa shape index (κ1) is 13.9. The Bertz CT molecular complexity index is 602. The number of aryl methyl sites for hydroxylation is 1. The summed E-state index contributed by atoms with van der Waals surface area (Å²) in [6, 6.07) is 5.35. The largest absolute Gasteiger partial charge is 0.355 e. The van der Waals surface area contributed by atoms with Crippen molar-refractivity contribution in [2.45, 2.75) is 13.5 Å². The molecule has 0 aliphatic heterocycles. The first-order valence-electron chi connectivity index (χ1n) is 5.74. The van der Waals surface area contributed by atoms with Gasteiger partial charge in [-0.25, -0.2) is 13.8 Å². The zero-order valence-electron chi connectivity index (χ0n) is 10.6. The summed E-state index contributed by atoms with van der Waals surface area (Å²) in [6.07, 6.45) is 1.70. The van der Waals surface area contributed by atoms with Crippen LogP contribution in [0.15, 0.2) is 34.9 Å². The molecule has 0 saturated heterocycles. The van der Waals surface area contributed by atoms with Crippen LogP contribution < -0.4 is 4.90 Å². The number of hydrogen-bond acceptors (Lipinski definition) is 2. The van der Waals surface area contributed by atoms with E-state index in [1.54, 1.807) is 18.1 Å². The lowest BCUT2D eigenvalue weighted by Gasteiger charge is -2.19. The molecule has 19 heavy (non-hydrogen) atoms. The molecule has 0 radical (unpaired) electrons. The maximum atomic E-state index is 13.6. The van der Waals surface area contributed by atoms with E-state index in [1.165, 1.54) is 6.07 Å². The van der Waals surface area contributed by atoms with Crippen LogP contribution in [0, 0.1) is 18.6 Å². The van der Waals surface area contributed by atoms with E-state index in [0.717, 1.165) is 22.2 Å². The summed E-state index contributed by atoms with van der Waals surface area (Å²) in [5, 5.41) is 0. The molecule has 1 aromatic carbocycles. The highest BCUT2D eigenvalue weighted by atomic mass is 79.9. The normalized spacial score (nSPS) is 10.6. The highest BCUT2D eigenvalue weighted by molar-refractivity contribution is 9.10. The molecule has 2 nitrogen and oxygen atoms in total. The minimum Gasteiger partial charge on any atom is -0.355 e. The predicted octanol–water partition coefficient (Wildman–Crippen LogP) is 4.07. The maximum Gasteiger partial charge on any atom is 0.128 e. The van der Waals surface area contributed by atoms with Gasteiger partial charge in [-0.3, -0.25) is 0 Å². The summed E-state index contributed by atoms with van der Waals surface area (Å²) >= 11 is 3.38. The molecule has 0 fully saturated rings. The van der Waals surface area contributed by atoms with Crippen LogP contribution >= 0.6 is 15.9 Å². The average Bonchev–Trinajstić information content (AvgIpc) is 2.37. The molecule has 0 N–H and O–H groups in total. The Labute approximate surface area is 119 Å². The monoisotopic (exact) mass is 326 g/mol. The molecule has 0 aliphatic rings. The summed E-state index contributed by atoms with van der Waals surface area (Å²) in [6.45, 7) is 2.21. The Morgan fingerprint density at radius 3 is 2.68 bits per heavy atom. The van der Waals surface area contributed by atoms with Gasteiger partial charge in [0.2, 0.25) is 0 Å². The lowest BCUT2D eigenvalue weighted by atomic mass is 10.2. The van der Waals surface area contributed by atoms with Crippen LogP contribution in [0.25, 0.3) is 0 Å². The van der Waals surface area contributed by atoms with Crippen molar-refractivity contribution >= 4 is 21.7 Å². The third kappa shape index (κ3) is 3.29. The number of hydrogen-bond donors (Lipinski definition) is 0. The summed E-state index contributed by atoms with van der Waals surface area (Å²) in [5.74, 6) is -0.142. The highest BCUT2D eigenvalue weighted by Crippen LogP contribution is 2.21. The van der Waals surface area contributed by atoms with E-state index in [0.29, 0.717) is 11.4 Å². The zero-order valence-corrected chi connectivity index (χ0v) is 12.2. The lowest BCUT2D eigenvalue weighted by molar-refractivity contribution is 0.583. The molecule has 1 heterocycles. The van der Waals surface area contributed by atoms with Crippen molar-refractivity contribution in [1.29, 1.82) is 0 Å². The topological polar surface area (TPSA) is 16.1 Å². The summed E-state index contributed by atoms with van der Waals surface area (Å²) in [7, 11) is 1.79. The fourth-order valence-electron chi connectivity index (χ4n) is 1.73. The molecule has 0 bridgehead atoms. The van der Waals surface area contributed by atoms with Gasteiger partial charge in [-0.15, -0.1) is 0 Å². The van der Waals surface area contributed by atoms with Gasteiger partial charge >= 0.3 is 0 Å². The molecular weight excluding hydrogens is 314 g/mol. The molecule has 0 aliphatic carbocycles. The van der Waals surface area contributed by atoms with Crippen LogP contribution in [0.4, 0.5) is 14.6 Å². The Hall–Kier alpha value is -1.49. The van der Waals surface area contributed by atoms with E-state index < -0.39 is 11.6 Å². The smallest absolute Gasteiger partial charge is 0.128 e. The van der Waals surface area contributed by atoms with Gasteiger partial charge in [0.05, 0.1) is 0 Å². The Morgan fingerprint density at radius 1 is 1.26 bits per heavy atom. The Kier molecular flexibility index (Phi) is 4.14. The third-order valence-corrected chi connectivity index (χ3v) is 3.67. The van der Waals surface area contributed by atoms with Crippen LogP contribution in [0.1, 0.15) is 11.1 Å². The van der Waals surface area contributed by atoms with Crippen molar-refractivity contribution in [3.8, 4) is 0 Å². The van der Waals surface area contributed by atoms with E-state index in [-0.39, 0.29) is 6.54 Å². The van der Waals surface area contributed by atoms with Crippen molar-refractivity contribution < 1.29 is 8.78 Å². The van der Waals surface area contributed by atoms with Gasteiger partial charge in [-0.05, 0) is 52.7 Å². The Morgan fingerprint density at radius 2 is 2.00 bits per heavy atom. The molecule has 0 amide bonds. The van der Waals surface area contributed by atoms with Crippen molar-refractivity contribution in [2.75, 3.05) is 11.9 Å². The molecule has 2 rings (SSSR count). The molecule has 0 saturated carbocycles. The fourth-order valence-corrected chi connectivity index (χ4v) is 1.95. The van der Waals surface area contributed by atoms with E-state index >= 15 is 0 Å². The highest BCUT2D eigenvalue weighted by Gasteiger charge is 2.09. The number of halogens is 3. The summed E-state index contributed by atoms with van der Waals surface area (Å²) < 4.78 is 27.6. The van der Waals surface area contributed by atoms with Crippen molar-refractivity contribution in [2.24, 2.45) is 0 Å². The molecule has 2 aromatic rings. The number of pyridine rings is 1. The second-order valence-electron chi connectivity index (χ2n) is 4.38. The minimum absolute atomic E-state index is 0.262. The number of rotatable bonds is 3. The fraction of sp³-hybridized carbons (Fsp3) is 0.214. The molecular formula is C14H13BrF2N2. The Balaban J connectivity index is 2.22. The number of aromatic nitrogens is 1. The van der Waals surface area contributed by atoms with Crippen LogP contribution in [0.3, 0.4) is 0 Å². The van der Waals surface area contributed by atoms with E-state index in [4.69, 9.17) is 0 Å². The van der Waals surface area contributed by atoms with E-state index in [1.807, 2.05) is 13.0 Å². The van der Waals surface area contributed by atoms with Crippen LogP contribution in [-0.2, 0) is 6.54 Å². The van der Waals surface area contributed by atoms with E-state index in [2.05, 4.69) is 20.9 Å². The maximum absolute atomic E-state index is 13.6. The third-order valence-electron chi connectivity index (χ3n) is 2.84. The first-order valence-corrected chi connectivity index (χ1v) is 6.54. The second-order valence-corrected chi connectivity index (χ2v) is 5.24. The average molecular weight is 327 g/mol. The van der Waals surface area contributed by atoms with Gasteiger partial charge in [0.25, 0.3) is 0 Å². The van der Waals surface area contributed by atoms with Crippen LogP contribution in [0.5, 0.6) is 0 Å². The molecule has 1 aromatic heterocycles. The van der Waals surface area contributed by atoms with Gasteiger partial charge in [-0.2, -0.15) is 0 Å². The first-order chi connectivity index (χ1) is 8.97. The molecule has 0 unspecified atom stereocenters. The van der Waals surface area contributed by atoms with Gasteiger partial charge in [0.1, 0.15) is 17.5 Å². The van der Waals surface area contributed by atoms with Gasteiger partial charge in [0, 0.05) is 29.8 Å². The molecule has 100 valence electrons. The van der Waals surface area contributed by atoms with Crippen LogP contribution in [-0.4, -0.2) is 12.0 Å². The van der Waals surface area contributed by atoms with Gasteiger partial charge in [-0.1, -0.05) is 0 Å². The summed E-state index contributed by atoms with van der Waals surface area (Å²) in [5.41, 5.74) is 1.35. The molecule has 5 heteroatoms. The minimum atomic E-state index is -0.440. The van der Waals surface area contributed by atoms with Crippen LogP contribution in [0.2, 0.25) is 0 Å². The standard InChI is InChI=1S/C14H13BrF2N2/c1-9-5-14(18-7-12(9)15)19(2)8-10-6-11(16)3-4-13(10)17/h3-7H,8H2,1-2H3. The van der Waals surface area contributed by atoms with Crippen molar-refractivity contribution in [1.82, 2.24) is 4.98 Å². The second kappa shape index (κ2) is 5.65. The number of anilines is 1. The SMILES string of the molecule is Cc1cc(N(C)Cc2cc(F)ccc2F)ncc1Br. The number of nitrogens with zero attached hydrogens (tertiary/aromatic N) is 2. The van der Waals surface area contributed by atoms with Gasteiger partial charge in [0.15, 0.2) is 0 Å². The zero-order chi connectivity index (χ0) is 14.0. The quantitative estimate of drug-likeness (QED) is 0.845.